The molecule has 0 unspecified atom stereocenters. The number of fused-ring (bicyclic) bond motifs is 11. The second kappa shape index (κ2) is 28.0. The van der Waals surface area contributed by atoms with Crippen molar-refractivity contribution in [2.75, 3.05) is 0 Å². The Morgan fingerprint density at radius 2 is 1.06 bits per heavy atom. The standard InChI is InChI=1S/C31H28.C16H16O.C13H12.C3H8.4C2H6/c1-20(2)21-13-11-19-28-29(21)22-12-5-6-14-23(22)31(28)26-17-9-7-15-24(26)30(3,4)25-16-8-10-18-27(25)31;1-3-11(2)12-8-6-9-14-13-7-4-5-10-15(13)17-16(12)14;1-11-7-9-13(10-8-11)12-5-3-2-4-6-12;1-3-2;4*1-2/h6-11,13-19H,1,5,12H2,2-4H3;4-11H,3H2,1-2H3;2-10H,1H3;3H2,1-2H3;4*1-2H3/t;11-;;;;;;/m.0....../s1. The molecule has 1 heterocycles. The van der Waals surface area contributed by atoms with Crippen molar-refractivity contribution in [3.8, 4) is 11.1 Å². The number of para-hydroxylation sites is 2. The Hall–Kier alpha value is -6.44. The maximum Gasteiger partial charge on any atom is 0.138 e. The van der Waals surface area contributed by atoms with E-state index in [2.05, 4.69) is 220 Å². The van der Waals surface area contributed by atoms with Crippen LogP contribution in [-0.2, 0) is 10.8 Å². The molecule has 0 fully saturated rings. The number of rotatable bonds is 4. The average molecular weight is 957 g/mol. The third kappa shape index (κ3) is 11.7. The molecule has 0 saturated heterocycles. The van der Waals surface area contributed by atoms with Crippen molar-refractivity contribution in [3.63, 3.8) is 0 Å². The summed E-state index contributed by atoms with van der Waals surface area (Å²) in [7, 11) is 0. The Balaban J connectivity index is 0.000000232. The lowest BCUT2D eigenvalue weighted by Crippen LogP contribution is -2.41. The van der Waals surface area contributed by atoms with Gasteiger partial charge in [0.2, 0.25) is 0 Å². The maximum absolute atomic E-state index is 6.01. The van der Waals surface area contributed by atoms with Gasteiger partial charge in [-0.15, -0.1) is 0 Å². The van der Waals surface area contributed by atoms with E-state index in [9.17, 15) is 0 Å². The van der Waals surface area contributed by atoms with Crippen LogP contribution >= 0.6 is 0 Å². The van der Waals surface area contributed by atoms with Crippen LogP contribution in [0.2, 0.25) is 0 Å². The van der Waals surface area contributed by atoms with Crippen LogP contribution in [0.25, 0.3) is 44.2 Å². The predicted molar refractivity (Wildman–Crippen MR) is 322 cm³/mol. The van der Waals surface area contributed by atoms with Crippen molar-refractivity contribution in [1.29, 1.82) is 0 Å². The molecule has 1 aromatic heterocycles. The van der Waals surface area contributed by atoms with Gasteiger partial charge in [-0.05, 0) is 112 Å². The zero-order valence-corrected chi connectivity index (χ0v) is 47.3. The van der Waals surface area contributed by atoms with E-state index >= 15 is 0 Å². The Morgan fingerprint density at radius 1 is 0.569 bits per heavy atom. The molecule has 3 aliphatic rings. The number of hydrogen-bond donors (Lipinski definition) is 0. The number of aryl methyl sites for hydroxylation is 1. The summed E-state index contributed by atoms with van der Waals surface area (Å²) >= 11 is 0. The molecule has 0 aliphatic heterocycles. The molecule has 0 saturated carbocycles. The molecule has 1 spiro atoms. The van der Waals surface area contributed by atoms with E-state index in [4.69, 9.17) is 4.42 Å². The molecular weight excluding hydrogens is 869 g/mol. The smallest absolute Gasteiger partial charge is 0.138 e. The highest BCUT2D eigenvalue weighted by Gasteiger charge is 2.54. The lowest BCUT2D eigenvalue weighted by Gasteiger charge is -2.47. The Morgan fingerprint density at radius 3 is 1.62 bits per heavy atom. The molecular formula is C71H88O. The van der Waals surface area contributed by atoms with Gasteiger partial charge >= 0.3 is 0 Å². The molecule has 7 aromatic carbocycles. The van der Waals surface area contributed by atoms with Gasteiger partial charge in [-0.1, -0.05) is 291 Å². The minimum absolute atomic E-state index is 0.0355. The van der Waals surface area contributed by atoms with Gasteiger partial charge in [-0.2, -0.15) is 0 Å². The molecule has 0 radical (unpaired) electrons. The van der Waals surface area contributed by atoms with Gasteiger partial charge in [0.25, 0.3) is 0 Å². The van der Waals surface area contributed by atoms with Gasteiger partial charge in [0, 0.05) is 16.2 Å². The van der Waals surface area contributed by atoms with Gasteiger partial charge in [-0.3, -0.25) is 0 Å². The van der Waals surface area contributed by atoms with E-state index in [1.165, 1.54) is 89.5 Å². The first kappa shape index (κ1) is 58.1. The molecule has 1 nitrogen and oxygen atoms in total. The first-order chi connectivity index (χ1) is 35.1. The van der Waals surface area contributed by atoms with E-state index in [-0.39, 0.29) is 10.8 Å². The summed E-state index contributed by atoms with van der Waals surface area (Å²) in [4.78, 5) is 0. The van der Waals surface area contributed by atoms with Crippen LogP contribution in [0.3, 0.4) is 0 Å². The second-order valence-corrected chi connectivity index (χ2v) is 18.4. The quantitative estimate of drug-likeness (QED) is 0.171. The molecule has 3 aliphatic carbocycles. The summed E-state index contributed by atoms with van der Waals surface area (Å²) < 4.78 is 6.01. The normalized spacial score (nSPS) is 13.7. The number of allylic oxidation sites excluding steroid dienone is 5. The topological polar surface area (TPSA) is 13.1 Å². The largest absolute Gasteiger partial charge is 0.456 e. The SMILES string of the molecule is C=C(C)c1cccc2c1C1=C(C=CCC1)C21c2ccccc2C(C)(C)c2ccccc21.CC.CC.CC.CC.CCC.CC[C@H](C)c1cccc2c1oc1ccccc12.Cc1ccc(-c2ccccc2)cc1. The molecule has 0 N–H and O–H groups in total. The van der Waals surface area contributed by atoms with E-state index in [0.29, 0.717) is 5.92 Å². The predicted octanol–water partition coefficient (Wildman–Crippen LogP) is 22.1. The summed E-state index contributed by atoms with van der Waals surface area (Å²) in [6.07, 6.45) is 9.38. The van der Waals surface area contributed by atoms with Crippen LogP contribution in [0.5, 0.6) is 0 Å². The van der Waals surface area contributed by atoms with Gasteiger partial charge < -0.3 is 4.42 Å². The maximum atomic E-state index is 6.01. The third-order valence-corrected chi connectivity index (χ3v) is 13.6. The lowest BCUT2D eigenvalue weighted by atomic mass is 9.55. The van der Waals surface area contributed by atoms with Crippen LogP contribution < -0.4 is 0 Å². The molecule has 378 valence electrons. The van der Waals surface area contributed by atoms with Crippen LogP contribution in [0.4, 0.5) is 0 Å². The molecule has 0 amide bonds. The molecule has 1 heteroatoms. The van der Waals surface area contributed by atoms with Gasteiger partial charge in [0.1, 0.15) is 11.2 Å². The van der Waals surface area contributed by atoms with Crippen LogP contribution in [0, 0.1) is 6.92 Å². The van der Waals surface area contributed by atoms with Crippen molar-refractivity contribution in [3.05, 3.63) is 238 Å². The summed E-state index contributed by atoms with van der Waals surface area (Å²) in [5.41, 5.74) is 21.0. The zero-order chi connectivity index (χ0) is 53.0. The fourth-order valence-electron chi connectivity index (χ4n) is 10.3. The average Bonchev–Trinajstić information content (AvgIpc) is 3.98. The van der Waals surface area contributed by atoms with Gasteiger partial charge in [0.15, 0.2) is 0 Å². The fraction of sp³-hybridized carbons (Fsp3) is 0.324. The molecule has 72 heavy (non-hydrogen) atoms. The van der Waals surface area contributed by atoms with Gasteiger partial charge in [-0.25, -0.2) is 0 Å². The van der Waals surface area contributed by atoms with Crippen molar-refractivity contribution in [1.82, 2.24) is 0 Å². The monoisotopic (exact) mass is 957 g/mol. The van der Waals surface area contributed by atoms with Crippen LogP contribution in [-0.4, -0.2) is 0 Å². The summed E-state index contributed by atoms with van der Waals surface area (Å²) in [6, 6.07) is 58.9. The summed E-state index contributed by atoms with van der Waals surface area (Å²) in [5, 5.41) is 2.45. The van der Waals surface area contributed by atoms with E-state index in [0.717, 1.165) is 36.0 Å². The first-order valence-corrected chi connectivity index (χ1v) is 27.5. The van der Waals surface area contributed by atoms with E-state index < -0.39 is 0 Å². The molecule has 1 atom stereocenters. The van der Waals surface area contributed by atoms with Crippen molar-refractivity contribution in [2.24, 2.45) is 0 Å². The Bertz CT molecular complexity index is 2930. The Labute approximate surface area is 437 Å². The molecule has 8 aromatic rings. The minimum atomic E-state index is -0.254. The highest BCUT2D eigenvalue weighted by molar-refractivity contribution is 6.06. The van der Waals surface area contributed by atoms with E-state index in [1.807, 2.05) is 73.6 Å². The molecule has 11 rings (SSSR count). The van der Waals surface area contributed by atoms with Crippen molar-refractivity contribution >= 4 is 33.1 Å². The number of furan rings is 1. The van der Waals surface area contributed by atoms with E-state index in [1.54, 1.807) is 0 Å². The summed E-state index contributed by atoms with van der Waals surface area (Å²) in [6.45, 7) is 38.1. The van der Waals surface area contributed by atoms with Gasteiger partial charge in [0.05, 0.1) is 5.41 Å². The minimum Gasteiger partial charge on any atom is -0.456 e. The third-order valence-electron chi connectivity index (χ3n) is 13.6. The second-order valence-electron chi connectivity index (χ2n) is 18.4. The summed E-state index contributed by atoms with van der Waals surface area (Å²) in [5.74, 6) is 0.541. The zero-order valence-electron chi connectivity index (χ0n) is 47.3. The van der Waals surface area contributed by atoms with Crippen molar-refractivity contribution in [2.45, 2.75) is 153 Å². The highest BCUT2D eigenvalue weighted by atomic mass is 16.3. The lowest BCUT2D eigenvalue weighted by molar-refractivity contribution is 0.561. The number of benzene rings is 7. The highest BCUT2D eigenvalue weighted by Crippen LogP contribution is 2.63. The fourth-order valence-corrected chi connectivity index (χ4v) is 10.3. The first-order valence-electron chi connectivity index (χ1n) is 27.5. The number of hydrogen-bond acceptors (Lipinski definition) is 1. The van der Waals surface area contributed by atoms with Crippen LogP contribution in [0.15, 0.2) is 193 Å². The molecule has 0 bridgehead atoms. The van der Waals surface area contributed by atoms with Crippen LogP contribution in [0.1, 0.15) is 186 Å². The Kier molecular flexibility index (Phi) is 22.6. The van der Waals surface area contributed by atoms with Crippen molar-refractivity contribution < 1.29 is 4.42 Å².